The van der Waals surface area contributed by atoms with E-state index < -0.39 is 0 Å². The van der Waals surface area contributed by atoms with E-state index in [9.17, 15) is 0 Å². The smallest absolute Gasteiger partial charge is 0.0574 e. The Morgan fingerprint density at radius 2 is 2.30 bits per heavy atom. The SMILES string of the molecule is C#CCNCC1(C)CCC1. The van der Waals surface area contributed by atoms with Crippen molar-refractivity contribution in [1.82, 2.24) is 5.32 Å². The van der Waals surface area contributed by atoms with Crippen molar-refractivity contribution in [2.45, 2.75) is 26.2 Å². The van der Waals surface area contributed by atoms with Gasteiger partial charge >= 0.3 is 0 Å². The summed E-state index contributed by atoms with van der Waals surface area (Å²) < 4.78 is 0. The zero-order valence-electron chi connectivity index (χ0n) is 6.61. The summed E-state index contributed by atoms with van der Waals surface area (Å²) in [4.78, 5) is 0. The largest absolute Gasteiger partial charge is 0.306 e. The quantitative estimate of drug-likeness (QED) is 0.458. The first-order valence-corrected chi connectivity index (χ1v) is 3.91. The van der Waals surface area contributed by atoms with E-state index >= 15 is 0 Å². The van der Waals surface area contributed by atoms with E-state index in [4.69, 9.17) is 6.42 Å². The van der Waals surface area contributed by atoms with Crippen LogP contribution in [0.2, 0.25) is 0 Å². The van der Waals surface area contributed by atoms with Gasteiger partial charge in [0.2, 0.25) is 0 Å². The van der Waals surface area contributed by atoms with Crippen molar-refractivity contribution in [2.75, 3.05) is 13.1 Å². The van der Waals surface area contributed by atoms with Crippen LogP contribution in [0.5, 0.6) is 0 Å². The Balaban J connectivity index is 2.07. The van der Waals surface area contributed by atoms with Crippen LogP contribution in [0, 0.1) is 17.8 Å². The van der Waals surface area contributed by atoms with Crippen molar-refractivity contribution in [2.24, 2.45) is 5.41 Å². The highest BCUT2D eigenvalue weighted by molar-refractivity contribution is 4.90. The lowest BCUT2D eigenvalue weighted by atomic mass is 9.70. The van der Waals surface area contributed by atoms with Crippen molar-refractivity contribution >= 4 is 0 Å². The summed E-state index contributed by atoms with van der Waals surface area (Å²) in [6.07, 6.45) is 9.23. The zero-order chi connectivity index (χ0) is 7.45. The standard InChI is InChI=1S/C9H15N/c1-3-7-10-8-9(2)5-4-6-9/h1,10H,4-8H2,2H3. The highest BCUT2D eigenvalue weighted by Gasteiger charge is 2.30. The molecule has 1 aliphatic carbocycles. The van der Waals surface area contributed by atoms with Gasteiger partial charge in [-0.05, 0) is 18.3 Å². The Kier molecular flexibility index (Phi) is 2.34. The first-order chi connectivity index (χ1) is 4.77. The number of terminal acetylenes is 1. The van der Waals surface area contributed by atoms with E-state index in [0.29, 0.717) is 5.41 Å². The van der Waals surface area contributed by atoms with Crippen LogP contribution in [0.4, 0.5) is 0 Å². The van der Waals surface area contributed by atoms with Crippen LogP contribution >= 0.6 is 0 Å². The van der Waals surface area contributed by atoms with Crippen molar-refractivity contribution in [3.8, 4) is 12.3 Å². The molecule has 0 heterocycles. The Labute approximate surface area is 63.2 Å². The first kappa shape index (κ1) is 7.63. The maximum atomic E-state index is 5.10. The first-order valence-electron chi connectivity index (χ1n) is 3.91. The fourth-order valence-electron chi connectivity index (χ4n) is 1.39. The summed E-state index contributed by atoms with van der Waals surface area (Å²) in [7, 11) is 0. The molecule has 0 spiro atoms. The van der Waals surface area contributed by atoms with Gasteiger partial charge in [0.25, 0.3) is 0 Å². The molecule has 1 heteroatoms. The van der Waals surface area contributed by atoms with Gasteiger partial charge < -0.3 is 5.32 Å². The second kappa shape index (κ2) is 3.07. The Morgan fingerprint density at radius 3 is 2.70 bits per heavy atom. The van der Waals surface area contributed by atoms with Crippen molar-refractivity contribution < 1.29 is 0 Å². The molecule has 0 saturated heterocycles. The fraction of sp³-hybridized carbons (Fsp3) is 0.778. The Morgan fingerprint density at radius 1 is 1.60 bits per heavy atom. The molecular weight excluding hydrogens is 122 g/mol. The molecule has 1 fully saturated rings. The van der Waals surface area contributed by atoms with Crippen LogP contribution in [-0.4, -0.2) is 13.1 Å². The summed E-state index contributed by atoms with van der Waals surface area (Å²) >= 11 is 0. The zero-order valence-corrected chi connectivity index (χ0v) is 6.61. The minimum absolute atomic E-state index is 0.566. The molecule has 0 aliphatic heterocycles. The third kappa shape index (κ3) is 1.75. The summed E-state index contributed by atoms with van der Waals surface area (Å²) in [5.74, 6) is 2.58. The Bertz CT molecular complexity index is 139. The van der Waals surface area contributed by atoms with Gasteiger partial charge in [-0.15, -0.1) is 6.42 Å². The minimum atomic E-state index is 0.566. The normalized spacial score (nSPS) is 21.2. The lowest BCUT2D eigenvalue weighted by Crippen LogP contribution is -2.37. The maximum Gasteiger partial charge on any atom is 0.0574 e. The molecule has 1 N–H and O–H groups in total. The van der Waals surface area contributed by atoms with Gasteiger partial charge in [0, 0.05) is 6.54 Å². The van der Waals surface area contributed by atoms with Crippen LogP contribution in [0.25, 0.3) is 0 Å². The van der Waals surface area contributed by atoms with E-state index in [0.717, 1.165) is 13.1 Å². The maximum absolute atomic E-state index is 5.10. The predicted octanol–water partition coefficient (Wildman–Crippen LogP) is 1.40. The van der Waals surface area contributed by atoms with Crippen LogP contribution in [0.15, 0.2) is 0 Å². The molecule has 0 aromatic rings. The average molecular weight is 137 g/mol. The summed E-state index contributed by atoms with van der Waals surface area (Å²) in [6.45, 7) is 4.13. The lowest BCUT2D eigenvalue weighted by Gasteiger charge is -2.38. The number of hydrogen-bond acceptors (Lipinski definition) is 1. The van der Waals surface area contributed by atoms with Gasteiger partial charge in [0.1, 0.15) is 0 Å². The van der Waals surface area contributed by atoms with Gasteiger partial charge in [-0.2, -0.15) is 0 Å². The molecule has 0 unspecified atom stereocenters. The molecule has 0 amide bonds. The number of hydrogen-bond donors (Lipinski definition) is 1. The summed E-state index contributed by atoms with van der Waals surface area (Å²) in [5.41, 5.74) is 0.566. The van der Waals surface area contributed by atoms with Crippen LogP contribution in [0.3, 0.4) is 0 Å². The number of nitrogens with one attached hydrogen (secondary N) is 1. The van der Waals surface area contributed by atoms with E-state index in [1.54, 1.807) is 0 Å². The molecule has 1 saturated carbocycles. The molecule has 1 rings (SSSR count). The molecule has 1 aliphatic rings. The van der Waals surface area contributed by atoms with Gasteiger partial charge in [0.15, 0.2) is 0 Å². The molecule has 0 radical (unpaired) electrons. The second-order valence-corrected chi connectivity index (χ2v) is 3.47. The van der Waals surface area contributed by atoms with Crippen LogP contribution in [-0.2, 0) is 0 Å². The van der Waals surface area contributed by atoms with E-state index in [-0.39, 0.29) is 0 Å². The van der Waals surface area contributed by atoms with Crippen molar-refractivity contribution in [1.29, 1.82) is 0 Å². The fourth-order valence-corrected chi connectivity index (χ4v) is 1.39. The third-order valence-electron chi connectivity index (χ3n) is 2.34. The van der Waals surface area contributed by atoms with E-state index in [2.05, 4.69) is 18.2 Å². The minimum Gasteiger partial charge on any atom is -0.306 e. The van der Waals surface area contributed by atoms with E-state index in [1.807, 2.05) is 0 Å². The van der Waals surface area contributed by atoms with E-state index in [1.165, 1.54) is 19.3 Å². The highest BCUT2D eigenvalue weighted by Crippen LogP contribution is 2.39. The molecule has 0 aromatic heterocycles. The van der Waals surface area contributed by atoms with Gasteiger partial charge in [-0.25, -0.2) is 0 Å². The molecular formula is C9H15N. The average Bonchev–Trinajstić information content (AvgIpc) is 1.85. The van der Waals surface area contributed by atoms with Crippen LogP contribution < -0.4 is 5.32 Å². The second-order valence-electron chi connectivity index (χ2n) is 3.47. The Hall–Kier alpha value is -0.480. The third-order valence-corrected chi connectivity index (χ3v) is 2.34. The lowest BCUT2D eigenvalue weighted by molar-refractivity contribution is 0.159. The highest BCUT2D eigenvalue weighted by atomic mass is 14.9. The molecule has 1 nitrogen and oxygen atoms in total. The predicted molar refractivity (Wildman–Crippen MR) is 43.7 cm³/mol. The van der Waals surface area contributed by atoms with Crippen LogP contribution in [0.1, 0.15) is 26.2 Å². The molecule has 0 atom stereocenters. The number of rotatable bonds is 3. The molecule has 10 heavy (non-hydrogen) atoms. The van der Waals surface area contributed by atoms with Crippen molar-refractivity contribution in [3.63, 3.8) is 0 Å². The van der Waals surface area contributed by atoms with Gasteiger partial charge in [-0.3, -0.25) is 0 Å². The molecule has 0 aromatic carbocycles. The molecule has 56 valence electrons. The summed E-state index contributed by atoms with van der Waals surface area (Å²) in [6, 6.07) is 0. The van der Waals surface area contributed by atoms with Gasteiger partial charge in [0.05, 0.1) is 6.54 Å². The van der Waals surface area contributed by atoms with Gasteiger partial charge in [-0.1, -0.05) is 19.3 Å². The van der Waals surface area contributed by atoms with Crippen molar-refractivity contribution in [3.05, 3.63) is 0 Å². The summed E-state index contributed by atoms with van der Waals surface area (Å²) in [5, 5.41) is 3.24. The topological polar surface area (TPSA) is 12.0 Å². The monoisotopic (exact) mass is 137 g/mol. The molecule has 0 bridgehead atoms.